The second-order valence-electron chi connectivity index (χ2n) is 9.59. The molecular weight excluding hydrogens is 320 g/mol. The van der Waals surface area contributed by atoms with E-state index in [0.717, 1.165) is 6.42 Å². The van der Waals surface area contributed by atoms with Crippen molar-refractivity contribution in [1.82, 2.24) is 0 Å². The minimum Gasteiger partial charge on any atom is -0.396 e. The Hall–Kier alpha value is -0.750. The molecule has 0 heterocycles. The molecule has 0 saturated heterocycles. The number of hydrogen-bond acceptors (Lipinski definition) is 5. The van der Waals surface area contributed by atoms with E-state index in [2.05, 4.69) is 20.4 Å². The van der Waals surface area contributed by atoms with Crippen LogP contribution in [-0.4, -0.2) is 51.1 Å². The highest BCUT2D eigenvalue weighted by atomic mass is 16.3. The number of aliphatic hydroxyl groups excluding tert-OH is 4. The van der Waals surface area contributed by atoms with Gasteiger partial charge in [0.15, 0.2) is 5.78 Å². The fraction of sp³-hybridized carbons (Fsp3) is 0.850. The van der Waals surface area contributed by atoms with Gasteiger partial charge in [-0.3, -0.25) is 4.79 Å². The number of ketones is 1. The molecule has 25 heavy (non-hydrogen) atoms. The van der Waals surface area contributed by atoms with E-state index >= 15 is 0 Å². The van der Waals surface area contributed by atoms with Gasteiger partial charge in [0, 0.05) is 11.3 Å². The van der Waals surface area contributed by atoms with E-state index < -0.39 is 35.1 Å². The van der Waals surface area contributed by atoms with Crippen LogP contribution in [0.2, 0.25) is 0 Å². The molecule has 4 saturated carbocycles. The standard InChI is InChI=1S/C20H30O5/c1-10-11-4-5-12-19(9-21)13(18(2,3)7-6-14(19)22)8-15(23)20(12,16(10)24)17(11)25/h11-15,17,21-23,25H,1,4-9H2,2-3H3/t11-,12-,13-,14+,15-,17+,19-,20+/m1/s1. The molecule has 8 atom stereocenters. The van der Waals surface area contributed by atoms with Gasteiger partial charge in [-0.15, -0.1) is 0 Å². The van der Waals surface area contributed by atoms with E-state index in [1.807, 2.05) is 0 Å². The van der Waals surface area contributed by atoms with Crippen molar-refractivity contribution >= 4 is 5.78 Å². The van der Waals surface area contributed by atoms with Gasteiger partial charge in [0.1, 0.15) is 0 Å². The number of fused-ring (bicyclic) bond motifs is 3. The van der Waals surface area contributed by atoms with Crippen molar-refractivity contribution in [2.24, 2.45) is 34.0 Å². The summed E-state index contributed by atoms with van der Waals surface area (Å²) >= 11 is 0. The van der Waals surface area contributed by atoms with E-state index in [9.17, 15) is 25.2 Å². The Kier molecular flexibility index (Phi) is 3.64. The molecule has 2 bridgehead atoms. The van der Waals surface area contributed by atoms with Crippen LogP contribution >= 0.6 is 0 Å². The van der Waals surface area contributed by atoms with Gasteiger partial charge in [-0.2, -0.15) is 0 Å². The summed E-state index contributed by atoms with van der Waals surface area (Å²) in [5.41, 5.74) is -1.91. The largest absolute Gasteiger partial charge is 0.396 e. The zero-order valence-corrected chi connectivity index (χ0v) is 15.1. The first-order chi connectivity index (χ1) is 11.7. The van der Waals surface area contributed by atoms with Gasteiger partial charge >= 0.3 is 0 Å². The van der Waals surface area contributed by atoms with Gasteiger partial charge in [0.2, 0.25) is 0 Å². The van der Waals surface area contributed by atoms with Crippen molar-refractivity contribution < 1.29 is 25.2 Å². The van der Waals surface area contributed by atoms with Crippen molar-refractivity contribution in [2.75, 3.05) is 6.61 Å². The van der Waals surface area contributed by atoms with Crippen LogP contribution in [-0.2, 0) is 4.79 Å². The first-order valence-electron chi connectivity index (χ1n) is 9.54. The van der Waals surface area contributed by atoms with E-state index in [0.29, 0.717) is 31.3 Å². The fourth-order valence-corrected chi connectivity index (χ4v) is 7.35. The van der Waals surface area contributed by atoms with Crippen LogP contribution in [0.3, 0.4) is 0 Å². The van der Waals surface area contributed by atoms with E-state index in [1.54, 1.807) is 0 Å². The van der Waals surface area contributed by atoms with Crippen LogP contribution in [0.5, 0.6) is 0 Å². The van der Waals surface area contributed by atoms with E-state index in [4.69, 9.17) is 0 Å². The van der Waals surface area contributed by atoms with Crippen molar-refractivity contribution in [1.29, 1.82) is 0 Å². The number of carbonyl (C=O) groups excluding carboxylic acids is 1. The Labute approximate surface area is 148 Å². The molecule has 0 unspecified atom stereocenters. The Morgan fingerprint density at radius 2 is 1.76 bits per heavy atom. The third kappa shape index (κ3) is 1.76. The molecule has 4 fully saturated rings. The molecule has 4 aliphatic rings. The summed E-state index contributed by atoms with van der Waals surface area (Å²) in [6.07, 6.45) is 0.291. The second kappa shape index (κ2) is 5.16. The highest BCUT2D eigenvalue weighted by Gasteiger charge is 2.76. The molecule has 4 rings (SSSR count). The Bertz CT molecular complexity index is 628. The average molecular weight is 350 g/mol. The summed E-state index contributed by atoms with van der Waals surface area (Å²) in [6.45, 7) is 7.92. The molecule has 140 valence electrons. The van der Waals surface area contributed by atoms with Crippen molar-refractivity contribution in [3.63, 3.8) is 0 Å². The number of rotatable bonds is 1. The minimum absolute atomic E-state index is 0.0928. The summed E-state index contributed by atoms with van der Waals surface area (Å²) in [6, 6.07) is 0. The Morgan fingerprint density at radius 1 is 1.08 bits per heavy atom. The summed E-state index contributed by atoms with van der Waals surface area (Å²) < 4.78 is 0. The monoisotopic (exact) mass is 350 g/mol. The number of Topliss-reactive ketones (excluding diaryl/α,β-unsaturated/α-hetero) is 1. The predicted octanol–water partition coefficient (Wildman–Crippen LogP) is 1.04. The highest BCUT2D eigenvalue weighted by molar-refractivity contribution is 6.04. The van der Waals surface area contributed by atoms with Crippen LogP contribution in [0.15, 0.2) is 12.2 Å². The van der Waals surface area contributed by atoms with Crippen LogP contribution in [0.4, 0.5) is 0 Å². The summed E-state index contributed by atoms with van der Waals surface area (Å²) in [5, 5.41) is 43.7. The van der Waals surface area contributed by atoms with Crippen LogP contribution in [0, 0.1) is 34.0 Å². The summed E-state index contributed by atoms with van der Waals surface area (Å²) in [4.78, 5) is 13.2. The van der Waals surface area contributed by atoms with Crippen molar-refractivity contribution in [3.05, 3.63) is 12.2 Å². The van der Waals surface area contributed by atoms with Crippen LogP contribution in [0.25, 0.3) is 0 Å². The van der Waals surface area contributed by atoms with Crippen molar-refractivity contribution in [3.8, 4) is 0 Å². The van der Waals surface area contributed by atoms with Crippen LogP contribution < -0.4 is 0 Å². The fourth-order valence-electron chi connectivity index (χ4n) is 7.35. The molecule has 0 amide bonds. The summed E-state index contributed by atoms with van der Waals surface area (Å²) in [7, 11) is 0. The first kappa shape index (κ1) is 17.7. The summed E-state index contributed by atoms with van der Waals surface area (Å²) in [5.74, 6) is -1.07. The second-order valence-corrected chi connectivity index (χ2v) is 9.59. The third-order valence-electron chi connectivity index (χ3n) is 8.55. The van der Waals surface area contributed by atoms with Crippen molar-refractivity contribution in [2.45, 2.75) is 64.3 Å². The van der Waals surface area contributed by atoms with Gasteiger partial charge in [-0.25, -0.2) is 0 Å². The molecule has 0 aromatic heterocycles. The van der Waals surface area contributed by atoms with Gasteiger partial charge < -0.3 is 20.4 Å². The van der Waals surface area contributed by atoms with Gasteiger partial charge in [-0.05, 0) is 54.9 Å². The lowest BCUT2D eigenvalue weighted by atomic mass is 9.38. The smallest absolute Gasteiger partial charge is 0.170 e. The molecule has 5 heteroatoms. The number of carbonyl (C=O) groups is 1. The molecule has 1 spiro atoms. The molecule has 4 N–H and O–H groups in total. The molecular formula is C20H30O5. The molecule has 0 aliphatic heterocycles. The lowest BCUT2D eigenvalue weighted by Gasteiger charge is -2.66. The SMILES string of the molecule is C=C1C(=O)[C@@]23[C@H](O)C[C@@H]4C(C)(C)CC[C@H](O)[C@]4(CO)[C@H]2CC[C@H]1[C@@H]3O. The maximum atomic E-state index is 13.2. The van der Waals surface area contributed by atoms with Gasteiger partial charge in [-0.1, -0.05) is 20.4 Å². The molecule has 5 nitrogen and oxygen atoms in total. The topological polar surface area (TPSA) is 98.0 Å². The van der Waals surface area contributed by atoms with Gasteiger partial charge in [0.05, 0.1) is 30.3 Å². The number of aliphatic hydroxyl groups is 4. The maximum Gasteiger partial charge on any atom is 0.170 e. The zero-order valence-electron chi connectivity index (χ0n) is 15.1. The number of hydrogen-bond donors (Lipinski definition) is 4. The predicted molar refractivity (Wildman–Crippen MR) is 91.5 cm³/mol. The van der Waals surface area contributed by atoms with E-state index in [1.165, 1.54) is 0 Å². The quantitative estimate of drug-likeness (QED) is 0.530. The van der Waals surface area contributed by atoms with Gasteiger partial charge in [0.25, 0.3) is 0 Å². The molecule has 0 aromatic carbocycles. The molecule has 0 radical (unpaired) electrons. The third-order valence-corrected chi connectivity index (χ3v) is 8.55. The highest BCUT2D eigenvalue weighted by Crippen LogP contribution is 2.70. The van der Waals surface area contributed by atoms with E-state index in [-0.39, 0.29) is 29.6 Å². The maximum absolute atomic E-state index is 13.2. The Balaban J connectivity index is 1.94. The molecule has 4 aliphatic carbocycles. The first-order valence-corrected chi connectivity index (χ1v) is 9.54. The lowest BCUT2D eigenvalue weighted by Crippen LogP contribution is -2.71. The normalized spacial score (nSPS) is 54.2. The minimum atomic E-state index is -1.31. The zero-order chi connectivity index (χ0) is 18.4. The average Bonchev–Trinajstić information content (AvgIpc) is 2.68. The Morgan fingerprint density at radius 3 is 2.40 bits per heavy atom. The molecule has 0 aromatic rings. The lowest BCUT2D eigenvalue weighted by molar-refractivity contribution is -0.267. The van der Waals surface area contributed by atoms with Crippen LogP contribution in [0.1, 0.15) is 46.0 Å².